The summed E-state index contributed by atoms with van der Waals surface area (Å²) in [6.45, 7) is 4.78. The Hall–Kier alpha value is -0.810. The van der Waals surface area contributed by atoms with Gasteiger partial charge in [0.2, 0.25) is 0 Å². The van der Waals surface area contributed by atoms with Gasteiger partial charge < -0.3 is 21.1 Å². The maximum atomic E-state index is 11.3. The zero-order valence-electron chi connectivity index (χ0n) is 10.7. The first kappa shape index (κ1) is 14.3. The highest BCUT2D eigenvalue weighted by atomic mass is 16.2. The van der Waals surface area contributed by atoms with Crippen molar-refractivity contribution in [2.75, 3.05) is 26.2 Å². The number of carbonyl (C=O) groups excluding carboxylic acids is 1. The summed E-state index contributed by atoms with van der Waals surface area (Å²) in [5.41, 5.74) is 5.36. The van der Waals surface area contributed by atoms with Crippen LogP contribution in [0.3, 0.4) is 0 Å². The Morgan fingerprint density at radius 1 is 1.53 bits per heavy atom. The van der Waals surface area contributed by atoms with Crippen LogP contribution in [0, 0.1) is 5.92 Å². The predicted octanol–water partition coefficient (Wildman–Crippen LogP) is 0.528. The van der Waals surface area contributed by atoms with Crippen LogP contribution in [-0.4, -0.2) is 48.3 Å². The standard InChI is InChI=1S/C12H25N3O2/c1-2-5-14-11-7-10(4-3-6-16)8-15(9-11)12(13)17/h10-11,14,16H,2-9H2,1H3,(H2,13,17). The Labute approximate surface area is 103 Å². The van der Waals surface area contributed by atoms with Crippen molar-refractivity contribution in [3.8, 4) is 0 Å². The van der Waals surface area contributed by atoms with Gasteiger partial charge in [-0.15, -0.1) is 0 Å². The van der Waals surface area contributed by atoms with E-state index in [0.717, 1.165) is 38.8 Å². The van der Waals surface area contributed by atoms with E-state index in [4.69, 9.17) is 10.8 Å². The highest BCUT2D eigenvalue weighted by molar-refractivity contribution is 5.72. The van der Waals surface area contributed by atoms with Crippen LogP contribution in [0.5, 0.6) is 0 Å². The number of hydrogen-bond acceptors (Lipinski definition) is 3. The molecule has 5 nitrogen and oxygen atoms in total. The van der Waals surface area contributed by atoms with E-state index in [1.54, 1.807) is 4.90 Å². The second kappa shape index (κ2) is 7.50. The highest BCUT2D eigenvalue weighted by Crippen LogP contribution is 2.21. The van der Waals surface area contributed by atoms with Crippen molar-refractivity contribution in [2.45, 2.75) is 38.6 Å². The van der Waals surface area contributed by atoms with E-state index < -0.39 is 0 Å². The van der Waals surface area contributed by atoms with Crippen molar-refractivity contribution >= 4 is 6.03 Å². The number of hydrogen-bond donors (Lipinski definition) is 3. The molecule has 1 heterocycles. The normalized spacial score (nSPS) is 24.9. The average Bonchev–Trinajstić information content (AvgIpc) is 2.33. The lowest BCUT2D eigenvalue weighted by Crippen LogP contribution is -2.52. The molecule has 0 bridgehead atoms. The molecule has 1 rings (SSSR count). The molecule has 4 N–H and O–H groups in total. The van der Waals surface area contributed by atoms with Gasteiger partial charge in [-0.25, -0.2) is 4.79 Å². The van der Waals surface area contributed by atoms with E-state index >= 15 is 0 Å². The van der Waals surface area contributed by atoms with Crippen LogP contribution in [0.15, 0.2) is 0 Å². The molecule has 2 amide bonds. The van der Waals surface area contributed by atoms with Gasteiger partial charge in [0.25, 0.3) is 0 Å². The van der Waals surface area contributed by atoms with E-state index in [-0.39, 0.29) is 12.6 Å². The van der Waals surface area contributed by atoms with Crippen LogP contribution in [0.25, 0.3) is 0 Å². The minimum absolute atomic E-state index is 0.222. The van der Waals surface area contributed by atoms with Crippen molar-refractivity contribution < 1.29 is 9.90 Å². The first-order valence-corrected chi connectivity index (χ1v) is 6.56. The Balaban J connectivity index is 2.46. The minimum atomic E-state index is -0.331. The van der Waals surface area contributed by atoms with Gasteiger partial charge >= 0.3 is 6.03 Å². The smallest absolute Gasteiger partial charge is 0.314 e. The van der Waals surface area contributed by atoms with Gasteiger partial charge in [-0.3, -0.25) is 0 Å². The molecule has 1 aliphatic rings. The molecule has 2 atom stereocenters. The fourth-order valence-electron chi connectivity index (χ4n) is 2.47. The van der Waals surface area contributed by atoms with Gasteiger partial charge in [-0.1, -0.05) is 6.92 Å². The summed E-state index contributed by atoms with van der Waals surface area (Å²) in [4.78, 5) is 13.0. The SMILES string of the molecule is CCCNC1CC(CCCO)CN(C(N)=O)C1. The summed E-state index contributed by atoms with van der Waals surface area (Å²) >= 11 is 0. The molecule has 0 spiro atoms. The molecular formula is C12H25N3O2. The fraction of sp³-hybridized carbons (Fsp3) is 0.917. The number of aliphatic hydroxyl groups is 1. The maximum Gasteiger partial charge on any atom is 0.314 e. The molecule has 0 radical (unpaired) electrons. The zero-order chi connectivity index (χ0) is 12.7. The molecule has 0 aliphatic carbocycles. The number of urea groups is 1. The van der Waals surface area contributed by atoms with Crippen molar-refractivity contribution in [2.24, 2.45) is 11.7 Å². The first-order valence-electron chi connectivity index (χ1n) is 6.56. The number of amides is 2. The third kappa shape index (κ3) is 4.91. The van der Waals surface area contributed by atoms with E-state index in [9.17, 15) is 4.79 Å². The largest absolute Gasteiger partial charge is 0.396 e. The Bertz CT molecular complexity index is 220. The lowest BCUT2D eigenvalue weighted by Gasteiger charge is -2.37. The molecule has 1 fully saturated rings. The van der Waals surface area contributed by atoms with Crippen LogP contribution >= 0.6 is 0 Å². The Morgan fingerprint density at radius 2 is 2.29 bits per heavy atom. The fourth-order valence-corrected chi connectivity index (χ4v) is 2.47. The number of nitrogens with zero attached hydrogens (tertiary/aromatic N) is 1. The second-order valence-electron chi connectivity index (χ2n) is 4.86. The van der Waals surface area contributed by atoms with Crippen LogP contribution in [0.2, 0.25) is 0 Å². The maximum absolute atomic E-state index is 11.3. The van der Waals surface area contributed by atoms with Crippen LogP contribution in [0.4, 0.5) is 4.79 Å². The van der Waals surface area contributed by atoms with E-state index in [1.807, 2.05) is 0 Å². The van der Waals surface area contributed by atoms with Crippen molar-refractivity contribution in [3.05, 3.63) is 0 Å². The van der Waals surface area contributed by atoms with Crippen LogP contribution in [-0.2, 0) is 0 Å². The van der Waals surface area contributed by atoms with Crippen molar-refractivity contribution in [1.82, 2.24) is 10.2 Å². The summed E-state index contributed by atoms with van der Waals surface area (Å²) < 4.78 is 0. The first-order chi connectivity index (χ1) is 8.17. The Morgan fingerprint density at radius 3 is 2.88 bits per heavy atom. The number of carbonyl (C=O) groups is 1. The Kier molecular flexibility index (Phi) is 6.29. The lowest BCUT2D eigenvalue weighted by molar-refractivity contribution is 0.144. The van der Waals surface area contributed by atoms with Gasteiger partial charge in [0.15, 0.2) is 0 Å². The summed E-state index contributed by atoms with van der Waals surface area (Å²) in [6, 6.07) is 0.0156. The van der Waals surface area contributed by atoms with E-state index in [2.05, 4.69) is 12.2 Å². The molecule has 0 aromatic heterocycles. The lowest BCUT2D eigenvalue weighted by atomic mass is 9.90. The summed E-state index contributed by atoms with van der Waals surface area (Å²) in [5, 5.41) is 12.3. The highest BCUT2D eigenvalue weighted by Gasteiger charge is 2.28. The molecule has 1 saturated heterocycles. The third-order valence-electron chi connectivity index (χ3n) is 3.30. The zero-order valence-corrected chi connectivity index (χ0v) is 10.7. The number of piperidine rings is 1. The quantitative estimate of drug-likeness (QED) is 0.636. The molecule has 0 saturated carbocycles. The number of nitrogens with one attached hydrogen (secondary N) is 1. The van der Waals surface area contributed by atoms with Crippen LogP contribution < -0.4 is 11.1 Å². The van der Waals surface area contributed by atoms with Gasteiger partial charge in [0.1, 0.15) is 0 Å². The minimum Gasteiger partial charge on any atom is -0.396 e. The van der Waals surface area contributed by atoms with Gasteiger partial charge in [-0.2, -0.15) is 0 Å². The van der Waals surface area contributed by atoms with Gasteiger partial charge in [0.05, 0.1) is 0 Å². The van der Waals surface area contributed by atoms with E-state index in [0.29, 0.717) is 18.5 Å². The van der Waals surface area contributed by atoms with Crippen molar-refractivity contribution in [1.29, 1.82) is 0 Å². The monoisotopic (exact) mass is 243 g/mol. The van der Waals surface area contributed by atoms with Gasteiger partial charge in [0, 0.05) is 25.7 Å². The molecule has 17 heavy (non-hydrogen) atoms. The number of rotatable bonds is 6. The summed E-state index contributed by atoms with van der Waals surface area (Å²) in [6.07, 6.45) is 3.93. The topological polar surface area (TPSA) is 78.6 Å². The van der Waals surface area contributed by atoms with E-state index in [1.165, 1.54) is 0 Å². The summed E-state index contributed by atoms with van der Waals surface area (Å²) in [7, 11) is 0. The van der Waals surface area contributed by atoms with Gasteiger partial charge in [-0.05, 0) is 38.1 Å². The third-order valence-corrected chi connectivity index (χ3v) is 3.30. The molecule has 0 aromatic rings. The molecule has 0 aromatic carbocycles. The number of likely N-dealkylation sites (tertiary alicyclic amines) is 1. The average molecular weight is 243 g/mol. The number of nitrogens with two attached hydrogens (primary N) is 1. The molecular weight excluding hydrogens is 218 g/mol. The molecule has 100 valence electrons. The number of primary amides is 1. The number of aliphatic hydroxyl groups excluding tert-OH is 1. The molecule has 2 unspecified atom stereocenters. The molecule has 5 heteroatoms. The van der Waals surface area contributed by atoms with Crippen LogP contribution in [0.1, 0.15) is 32.6 Å². The molecule has 1 aliphatic heterocycles. The predicted molar refractivity (Wildman–Crippen MR) is 67.7 cm³/mol. The second-order valence-corrected chi connectivity index (χ2v) is 4.86. The summed E-state index contributed by atoms with van der Waals surface area (Å²) in [5.74, 6) is 0.456. The van der Waals surface area contributed by atoms with Crippen molar-refractivity contribution in [3.63, 3.8) is 0 Å².